The minimum atomic E-state index is -0.115. The molecular formula is C13H23N3OS. The number of hydrogen-bond acceptors (Lipinski definition) is 3. The van der Waals surface area contributed by atoms with E-state index in [1.807, 2.05) is 29.6 Å². The maximum Gasteiger partial charge on any atom is 0.236 e. The molecule has 0 aliphatic carbocycles. The van der Waals surface area contributed by atoms with Crippen LogP contribution in [0.1, 0.15) is 34.6 Å². The Morgan fingerprint density at radius 1 is 1.28 bits per heavy atom. The van der Waals surface area contributed by atoms with Gasteiger partial charge in [0.05, 0.1) is 5.25 Å². The second-order valence-corrected chi connectivity index (χ2v) is 6.32. The third-order valence-electron chi connectivity index (χ3n) is 2.77. The molecule has 0 fully saturated rings. The van der Waals surface area contributed by atoms with Crippen molar-refractivity contribution in [3.63, 3.8) is 0 Å². The number of aryl methyl sites for hydroxylation is 1. The fourth-order valence-electron chi connectivity index (χ4n) is 1.99. The Hall–Kier alpha value is -0.970. The molecule has 0 radical (unpaired) electrons. The van der Waals surface area contributed by atoms with Crippen LogP contribution >= 0.6 is 11.8 Å². The number of carbonyl (C=O) groups excluding carboxylic acids is 1. The average molecular weight is 269 g/mol. The molecule has 0 saturated heterocycles. The van der Waals surface area contributed by atoms with Gasteiger partial charge >= 0.3 is 0 Å². The molecule has 0 aromatic carbocycles. The van der Waals surface area contributed by atoms with E-state index >= 15 is 0 Å². The lowest BCUT2D eigenvalue weighted by molar-refractivity contribution is -0.133. The van der Waals surface area contributed by atoms with Crippen molar-refractivity contribution in [1.82, 2.24) is 14.5 Å². The van der Waals surface area contributed by atoms with E-state index in [4.69, 9.17) is 0 Å². The van der Waals surface area contributed by atoms with Crippen molar-refractivity contribution in [2.24, 2.45) is 7.05 Å². The third-order valence-corrected chi connectivity index (χ3v) is 3.93. The highest BCUT2D eigenvalue weighted by atomic mass is 32.2. The molecule has 1 amide bonds. The smallest absolute Gasteiger partial charge is 0.236 e. The second kappa shape index (κ2) is 6.27. The van der Waals surface area contributed by atoms with Crippen LogP contribution < -0.4 is 0 Å². The quantitative estimate of drug-likeness (QED) is 0.771. The van der Waals surface area contributed by atoms with Gasteiger partial charge < -0.3 is 9.47 Å². The molecule has 1 heterocycles. The Kier molecular flexibility index (Phi) is 5.26. The zero-order valence-electron chi connectivity index (χ0n) is 12.0. The highest BCUT2D eigenvalue weighted by Crippen LogP contribution is 2.23. The summed E-state index contributed by atoms with van der Waals surface area (Å²) in [7, 11) is 1.94. The van der Waals surface area contributed by atoms with E-state index in [0.29, 0.717) is 0 Å². The van der Waals surface area contributed by atoms with Crippen LogP contribution in [0.4, 0.5) is 0 Å². The van der Waals surface area contributed by atoms with Gasteiger partial charge in [0.1, 0.15) is 0 Å². The molecule has 0 aliphatic heterocycles. The molecule has 0 saturated carbocycles. The van der Waals surface area contributed by atoms with Gasteiger partial charge in [0.2, 0.25) is 5.91 Å². The lowest BCUT2D eigenvalue weighted by Crippen LogP contribution is -2.45. The first-order chi connectivity index (χ1) is 8.34. The van der Waals surface area contributed by atoms with Gasteiger partial charge in [-0.15, -0.1) is 0 Å². The third kappa shape index (κ3) is 3.51. The Morgan fingerprint density at radius 2 is 1.83 bits per heavy atom. The maximum absolute atomic E-state index is 12.4. The van der Waals surface area contributed by atoms with Crippen molar-refractivity contribution in [3.8, 4) is 0 Å². The molecule has 1 rings (SSSR count). The van der Waals surface area contributed by atoms with Gasteiger partial charge in [-0.2, -0.15) is 0 Å². The molecular weight excluding hydrogens is 246 g/mol. The van der Waals surface area contributed by atoms with Crippen LogP contribution in [0.2, 0.25) is 0 Å². The first kappa shape index (κ1) is 15.1. The van der Waals surface area contributed by atoms with E-state index < -0.39 is 0 Å². The van der Waals surface area contributed by atoms with Crippen molar-refractivity contribution in [1.29, 1.82) is 0 Å². The largest absolute Gasteiger partial charge is 0.337 e. The van der Waals surface area contributed by atoms with Crippen LogP contribution in [0.3, 0.4) is 0 Å². The predicted octanol–water partition coefficient (Wildman–Crippen LogP) is 2.55. The Labute approximate surface area is 114 Å². The summed E-state index contributed by atoms with van der Waals surface area (Å²) in [6.07, 6.45) is 3.64. The van der Waals surface area contributed by atoms with Crippen LogP contribution in [0.25, 0.3) is 0 Å². The minimum Gasteiger partial charge on any atom is -0.337 e. The summed E-state index contributed by atoms with van der Waals surface area (Å²) in [5.41, 5.74) is 0. The highest BCUT2D eigenvalue weighted by molar-refractivity contribution is 8.00. The van der Waals surface area contributed by atoms with Gasteiger partial charge in [-0.25, -0.2) is 4.98 Å². The topological polar surface area (TPSA) is 38.1 Å². The van der Waals surface area contributed by atoms with Gasteiger partial charge in [-0.3, -0.25) is 4.79 Å². The summed E-state index contributed by atoms with van der Waals surface area (Å²) in [4.78, 5) is 18.6. The monoisotopic (exact) mass is 269 g/mol. The second-order valence-electron chi connectivity index (χ2n) is 5.01. The van der Waals surface area contributed by atoms with Crippen molar-refractivity contribution < 1.29 is 4.79 Å². The molecule has 0 spiro atoms. The number of aromatic nitrogens is 2. The van der Waals surface area contributed by atoms with Crippen LogP contribution in [-0.2, 0) is 11.8 Å². The lowest BCUT2D eigenvalue weighted by atomic mass is 10.2. The van der Waals surface area contributed by atoms with E-state index in [2.05, 4.69) is 32.7 Å². The number of nitrogens with zero attached hydrogens (tertiary/aromatic N) is 3. The minimum absolute atomic E-state index is 0.115. The molecule has 0 bridgehead atoms. The summed E-state index contributed by atoms with van der Waals surface area (Å²) in [6, 6.07) is 0.448. The van der Waals surface area contributed by atoms with Gasteiger partial charge in [0, 0.05) is 31.5 Å². The summed E-state index contributed by atoms with van der Waals surface area (Å²) in [6.45, 7) is 10.2. The van der Waals surface area contributed by atoms with Gasteiger partial charge in [0.25, 0.3) is 0 Å². The van der Waals surface area contributed by atoms with E-state index in [9.17, 15) is 4.79 Å². The molecule has 1 atom stereocenters. The number of thioether (sulfide) groups is 1. The predicted molar refractivity (Wildman–Crippen MR) is 75.6 cm³/mol. The fraction of sp³-hybridized carbons (Fsp3) is 0.692. The zero-order valence-corrected chi connectivity index (χ0v) is 12.9. The average Bonchev–Trinajstić information content (AvgIpc) is 2.63. The maximum atomic E-state index is 12.4. The number of hydrogen-bond donors (Lipinski definition) is 0. The van der Waals surface area contributed by atoms with Crippen LogP contribution in [0.15, 0.2) is 17.6 Å². The number of amides is 1. The molecule has 0 aliphatic rings. The van der Waals surface area contributed by atoms with Crippen molar-refractivity contribution in [2.45, 2.75) is 57.1 Å². The van der Waals surface area contributed by atoms with E-state index in [0.717, 1.165) is 5.16 Å². The zero-order chi connectivity index (χ0) is 13.9. The summed E-state index contributed by atoms with van der Waals surface area (Å²) >= 11 is 1.51. The first-order valence-electron chi connectivity index (χ1n) is 6.30. The lowest BCUT2D eigenvalue weighted by Gasteiger charge is -2.32. The van der Waals surface area contributed by atoms with Gasteiger partial charge in [-0.1, -0.05) is 11.8 Å². The molecule has 1 aromatic heterocycles. The first-order valence-corrected chi connectivity index (χ1v) is 7.18. The standard InChI is InChI=1S/C13H23N3OS/c1-9(2)16(10(3)4)12(17)11(5)18-13-14-7-8-15(13)6/h7-11H,1-6H3. The van der Waals surface area contributed by atoms with Crippen molar-refractivity contribution in [3.05, 3.63) is 12.4 Å². The summed E-state index contributed by atoms with van der Waals surface area (Å²) < 4.78 is 1.93. The Bertz CT molecular complexity index is 393. The van der Waals surface area contributed by atoms with E-state index in [1.54, 1.807) is 6.20 Å². The molecule has 5 heteroatoms. The number of imidazole rings is 1. The van der Waals surface area contributed by atoms with Gasteiger partial charge in [0.15, 0.2) is 5.16 Å². The van der Waals surface area contributed by atoms with Crippen molar-refractivity contribution >= 4 is 17.7 Å². The molecule has 102 valence electrons. The number of rotatable bonds is 5. The molecule has 1 unspecified atom stereocenters. The molecule has 0 N–H and O–H groups in total. The van der Waals surface area contributed by atoms with E-state index in [-0.39, 0.29) is 23.2 Å². The fourth-order valence-corrected chi connectivity index (χ4v) is 2.88. The van der Waals surface area contributed by atoms with Crippen molar-refractivity contribution in [2.75, 3.05) is 0 Å². The van der Waals surface area contributed by atoms with Crippen LogP contribution in [0, 0.1) is 0 Å². The summed E-state index contributed by atoms with van der Waals surface area (Å²) in [5, 5.41) is 0.763. The Morgan fingerprint density at radius 3 is 2.22 bits per heavy atom. The molecule has 18 heavy (non-hydrogen) atoms. The van der Waals surface area contributed by atoms with Crippen LogP contribution in [-0.4, -0.2) is 37.7 Å². The highest BCUT2D eigenvalue weighted by Gasteiger charge is 2.26. The van der Waals surface area contributed by atoms with Crippen LogP contribution in [0.5, 0.6) is 0 Å². The molecule has 4 nitrogen and oxygen atoms in total. The number of carbonyl (C=O) groups is 1. The van der Waals surface area contributed by atoms with Gasteiger partial charge in [-0.05, 0) is 34.6 Å². The SMILES string of the molecule is CC(Sc1nccn1C)C(=O)N(C(C)C)C(C)C. The summed E-state index contributed by atoms with van der Waals surface area (Å²) in [5.74, 6) is 0.174. The molecule has 1 aromatic rings. The van der Waals surface area contributed by atoms with E-state index in [1.165, 1.54) is 11.8 Å². The Balaban J connectivity index is 2.74. The normalized spacial score (nSPS) is 13.1.